The molecule has 1 heteroatoms. The van der Waals surface area contributed by atoms with Crippen LogP contribution in [0.25, 0.3) is 11.1 Å². The second-order valence-corrected chi connectivity index (χ2v) is 4.28. The van der Waals surface area contributed by atoms with Crippen molar-refractivity contribution in [1.82, 2.24) is 0 Å². The lowest BCUT2D eigenvalue weighted by atomic mass is 10.1. The van der Waals surface area contributed by atoms with E-state index in [2.05, 4.69) is 52.9 Å². The maximum atomic E-state index is 4.58. The highest BCUT2D eigenvalue weighted by Gasteiger charge is 2.15. The van der Waals surface area contributed by atoms with E-state index >= 15 is 0 Å². The summed E-state index contributed by atoms with van der Waals surface area (Å²) < 4.78 is 4.58. The average Bonchev–Trinajstić information content (AvgIpc) is 3.10. The maximum Gasteiger partial charge on any atom is 0.0902 e. The minimum Gasteiger partial charge on any atom is -0.473 e. The third-order valence-electron chi connectivity index (χ3n) is 3.13. The SMILES string of the molecule is c1ccc2c(c1)Cc1ccccc1-2.c1ccoc1. The monoisotopic (exact) mass is 234 g/mol. The Hall–Kier alpha value is -2.28. The first-order valence-electron chi connectivity index (χ1n) is 6.08. The molecule has 0 atom stereocenters. The van der Waals surface area contributed by atoms with Crippen LogP contribution in [0.5, 0.6) is 0 Å². The molecule has 0 spiro atoms. The van der Waals surface area contributed by atoms with Crippen molar-refractivity contribution in [3.63, 3.8) is 0 Å². The Morgan fingerprint density at radius 1 is 0.611 bits per heavy atom. The number of benzene rings is 2. The highest BCUT2D eigenvalue weighted by molar-refractivity contribution is 5.76. The standard InChI is InChI=1S/C13H10.C4H4O/c1-3-7-12-10(5-1)9-11-6-2-4-8-13(11)12;1-2-4-5-3-1/h1-8H,9H2;1-4H. The number of hydrogen-bond acceptors (Lipinski definition) is 1. The summed E-state index contributed by atoms with van der Waals surface area (Å²) in [6, 6.07) is 21.0. The summed E-state index contributed by atoms with van der Waals surface area (Å²) in [6.07, 6.45) is 4.35. The van der Waals surface area contributed by atoms with Crippen molar-refractivity contribution in [2.45, 2.75) is 6.42 Å². The molecule has 1 aromatic heterocycles. The van der Waals surface area contributed by atoms with Crippen molar-refractivity contribution in [1.29, 1.82) is 0 Å². The highest BCUT2D eigenvalue weighted by atomic mass is 16.3. The molecule has 0 aliphatic heterocycles. The van der Waals surface area contributed by atoms with Crippen LogP contribution in [0.4, 0.5) is 0 Å². The molecule has 0 saturated carbocycles. The van der Waals surface area contributed by atoms with Gasteiger partial charge in [-0.25, -0.2) is 0 Å². The van der Waals surface area contributed by atoms with Gasteiger partial charge in [0.2, 0.25) is 0 Å². The van der Waals surface area contributed by atoms with Crippen LogP contribution in [0.15, 0.2) is 77.6 Å². The minimum atomic E-state index is 1.10. The van der Waals surface area contributed by atoms with Crippen LogP contribution >= 0.6 is 0 Å². The van der Waals surface area contributed by atoms with E-state index in [1.165, 1.54) is 22.3 Å². The number of hydrogen-bond donors (Lipinski definition) is 0. The molecule has 1 heterocycles. The van der Waals surface area contributed by atoms with E-state index in [9.17, 15) is 0 Å². The summed E-state index contributed by atoms with van der Waals surface area (Å²) in [5.74, 6) is 0. The topological polar surface area (TPSA) is 13.1 Å². The highest BCUT2D eigenvalue weighted by Crippen LogP contribution is 2.35. The molecule has 0 radical (unpaired) electrons. The van der Waals surface area contributed by atoms with Gasteiger partial charge in [-0.15, -0.1) is 0 Å². The minimum absolute atomic E-state index is 1.10. The second kappa shape index (κ2) is 4.92. The zero-order chi connectivity index (χ0) is 12.2. The third kappa shape index (κ3) is 2.07. The van der Waals surface area contributed by atoms with Crippen molar-refractivity contribution < 1.29 is 4.42 Å². The molecule has 0 bridgehead atoms. The van der Waals surface area contributed by atoms with E-state index in [-0.39, 0.29) is 0 Å². The van der Waals surface area contributed by atoms with Crippen molar-refractivity contribution in [2.75, 3.05) is 0 Å². The molecule has 1 aliphatic carbocycles. The quantitative estimate of drug-likeness (QED) is 0.435. The summed E-state index contributed by atoms with van der Waals surface area (Å²) in [6.45, 7) is 0. The molecule has 0 saturated heterocycles. The number of fused-ring (bicyclic) bond motifs is 3. The van der Waals surface area contributed by atoms with E-state index in [0.29, 0.717) is 0 Å². The van der Waals surface area contributed by atoms with Gasteiger partial charge in [-0.3, -0.25) is 0 Å². The van der Waals surface area contributed by atoms with Crippen LogP contribution in [0.2, 0.25) is 0 Å². The fourth-order valence-corrected chi connectivity index (χ4v) is 2.31. The Balaban J connectivity index is 0.000000169. The van der Waals surface area contributed by atoms with Gasteiger partial charge in [-0.05, 0) is 40.8 Å². The van der Waals surface area contributed by atoms with Crippen LogP contribution in [0.3, 0.4) is 0 Å². The van der Waals surface area contributed by atoms with Gasteiger partial charge in [0.25, 0.3) is 0 Å². The van der Waals surface area contributed by atoms with Crippen LogP contribution in [-0.2, 0) is 6.42 Å². The van der Waals surface area contributed by atoms with Crippen molar-refractivity contribution in [3.8, 4) is 11.1 Å². The Kier molecular flexibility index (Phi) is 2.97. The molecule has 3 aromatic rings. The smallest absolute Gasteiger partial charge is 0.0902 e. The Morgan fingerprint density at radius 2 is 1.11 bits per heavy atom. The predicted molar refractivity (Wildman–Crippen MR) is 73.4 cm³/mol. The van der Waals surface area contributed by atoms with Gasteiger partial charge in [0.1, 0.15) is 0 Å². The molecule has 1 nitrogen and oxygen atoms in total. The first-order valence-corrected chi connectivity index (χ1v) is 6.08. The van der Waals surface area contributed by atoms with Gasteiger partial charge in [-0.1, -0.05) is 48.5 Å². The first kappa shape index (κ1) is 10.8. The van der Waals surface area contributed by atoms with Crippen molar-refractivity contribution in [3.05, 3.63) is 84.3 Å². The molecule has 18 heavy (non-hydrogen) atoms. The van der Waals surface area contributed by atoms with Gasteiger partial charge in [-0.2, -0.15) is 0 Å². The maximum absolute atomic E-state index is 4.58. The Bertz CT molecular complexity index is 563. The summed E-state index contributed by atoms with van der Waals surface area (Å²) in [7, 11) is 0. The zero-order valence-corrected chi connectivity index (χ0v) is 10.0. The average molecular weight is 234 g/mol. The van der Waals surface area contributed by atoms with E-state index in [0.717, 1.165) is 6.42 Å². The molecule has 0 fully saturated rings. The number of furan rings is 1. The van der Waals surface area contributed by atoms with Gasteiger partial charge >= 0.3 is 0 Å². The van der Waals surface area contributed by atoms with Crippen molar-refractivity contribution in [2.24, 2.45) is 0 Å². The normalized spacial score (nSPS) is 11.1. The Labute approximate surface area is 107 Å². The molecule has 4 rings (SSSR count). The summed E-state index contributed by atoms with van der Waals surface area (Å²) in [5.41, 5.74) is 5.75. The Morgan fingerprint density at radius 3 is 1.56 bits per heavy atom. The van der Waals surface area contributed by atoms with E-state index in [1.54, 1.807) is 12.5 Å². The lowest BCUT2D eigenvalue weighted by Crippen LogP contribution is -1.77. The zero-order valence-electron chi connectivity index (χ0n) is 10.0. The largest absolute Gasteiger partial charge is 0.473 e. The summed E-state index contributed by atoms with van der Waals surface area (Å²) in [4.78, 5) is 0. The molecular weight excluding hydrogens is 220 g/mol. The second-order valence-electron chi connectivity index (χ2n) is 4.28. The van der Waals surface area contributed by atoms with Crippen LogP contribution in [0.1, 0.15) is 11.1 Å². The van der Waals surface area contributed by atoms with Gasteiger partial charge in [0.15, 0.2) is 0 Å². The molecule has 0 N–H and O–H groups in total. The molecule has 0 amide bonds. The fourth-order valence-electron chi connectivity index (χ4n) is 2.31. The number of rotatable bonds is 0. The van der Waals surface area contributed by atoms with Crippen LogP contribution in [-0.4, -0.2) is 0 Å². The first-order chi connectivity index (χ1) is 8.95. The summed E-state index contributed by atoms with van der Waals surface area (Å²) >= 11 is 0. The van der Waals surface area contributed by atoms with Gasteiger partial charge in [0.05, 0.1) is 12.5 Å². The molecular formula is C17H14O. The van der Waals surface area contributed by atoms with Crippen molar-refractivity contribution >= 4 is 0 Å². The molecule has 2 aromatic carbocycles. The third-order valence-corrected chi connectivity index (χ3v) is 3.13. The van der Waals surface area contributed by atoms with Crippen LogP contribution < -0.4 is 0 Å². The lowest BCUT2D eigenvalue weighted by Gasteiger charge is -1.98. The van der Waals surface area contributed by atoms with E-state index in [4.69, 9.17) is 0 Å². The fraction of sp³-hybridized carbons (Fsp3) is 0.0588. The molecule has 1 aliphatic rings. The van der Waals surface area contributed by atoms with Gasteiger partial charge in [0, 0.05) is 0 Å². The van der Waals surface area contributed by atoms with Gasteiger partial charge < -0.3 is 4.42 Å². The van der Waals surface area contributed by atoms with E-state index < -0.39 is 0 Å². The van der Waals surface area contributed by atoms with Crippen LogP contribution in [0, 0.1) is 0 Å². The predicted octanol–water partition coefficient (Wildman–Crippen LogP) is 4.54. The lowest BCUT2D eigenvalue weighted by molar-refractivity contribution is 0.567. The molecule has 0 unspecified atom stereocenters. The molecule has 88 valence electrons. The van der Waals surface area contributed by atoms with E-state index in [1.807, 2.05) is 12.1 Å². The summed E-state index contributed by atoms with van der Waals surface area (Å²) in [5, 5.41) is 0.